The van der Waals surface area contributed by atoms with Crippen molar-refractivity contribution in [2.45, 2.75) is 26.4 Å². The summed E-state index contributed by atoms with van der Waals surface area (Å²) in [5.41, 5.74) is 0.945. The van der Waals surface area contributed by atoms with Gasteiger partial charge in [0.05, 0.1) is 12.2 Å². The van der Waals surface area contributed by atoms with Crippen LogP contribution in [0.2, 0.25) is 5.02 Å². The maximum atomic E-state index is 5.97. The Hall–Kier alpha value is -1.07. The molecule has 0 radical (unpaired) electrons. The predicted molar refractivity (Wildman–Crippen MR) is 76.9 cm³/mol. The predicted octanol–water partition coefficient (Wildman–Crippen LogP) is 3.89. The Balaban J connectivity index is 2.11. The molecule has 0 amide bonds. The van der Waals surface area contributed by atoms with E-state index in [2.05, 4.69) is 45.2 Å². The first-order valence-corrected chi connectivity index (χ1v) is 6.82. The number of halogens is 2. The van der Waals surface area contributed by atoms with Crippen LogP contribution < -0.4 is 5.32 Å². The van der Waals surface area contributed by atoms with Gasteiger partial charge >= 0.3 is 0 Å². The number of nitrogens with one attached hydrogen (secondary N) is 1. The Bertz CT molecular complexity index is 539. The fourth-order valence-electron chi connectivity index (χ4n) is 1.64. The molecular weight excluding hydrogens is 316 g/mol. The number of hydrogen-bond donors (Lipinski definition) is 1. The Morgan fingerprint density at radius 2 is 2.22 bits per heavy atom. The largest absolute Gasteiger partial charge is 0.377 e. The van der Waals surface area contributed by atoms with Crippen LogP contribution in [0, 0.1) is 0 Å². The van der Waals surface area contributed by atoms with E-state index in [1.807, 2.05) is 22.9 Å². The van der Waals surface area contributed by atoms with Crippen LogP contribution in [-0.2, 0) is 6.54 Å². The summed E-state index contributed by atoms with van der Waals surface area (Å²) in [6.07, 6.45) is 1.57. The lowest BCUT2D eigenvalue weighted by atomic mass is 10.3. The topological polar surface area (TPSA) is 42.7 Å². The summed E-state index contributed by atoms with van der Waals surface area (Å²) in [6, 6.07) is 5.93. The molecule has 0 aliphatic rings. The molecule has 4 nitrogen and oxygen atoms in total. The molecule has 1 heterocycles. The number of aromatic nitrogens is 3. The van der Waals surface area contributed by atoms with Gasteiger partial charge in [0.2, 0.25) is 0 Å². The van der Waals surface area contributed by atoms with Gasteiger partial charge in [0.1, 0.15) is 12.2 Å². The molecule has 0 unspecified atom stereocenters. The number of rotatable bonds is 4. The zero-order valence-corrected chi connectivity index (χ0v) is 12.5. The average Bonchev–Trinajstić information content (AvgIpc) is 2.79. The Labute approximate surface area is 119 Å². The molecule has 0 spiro atoms. The van der Waals surface area contributed by atoms with Crippen molar-refractivity contribution in [2.75, 3.05) is 5.32 Å². The highest BCUT2D eigenvalue weighted by Gasteiger charge is 2.08. The highest BCUT2D eigenvalue weighted by molar-refractivity contribution is 9.10. The molecule has 1 N–H and O–H groups in total. The minimum atomic E-state index is 0.298. The number of nitrogens with zero attached hydrogens (tertiary/aromatic N) is 3. The first-order valence-electron chi connectivity index (χ1n) is 5.65. The minimum Gasteiger partial charge on any atom is -0.377 e. The Morgan fingerprint density at radius 3 is 2.94 bits per heavy atom. The van der Waals surface area contributed by atoms with Gasteiger partial charge in [-0.25, -0.2) is 9.67 Å². The average molecular weight is 330 g/mol. The van der Waals surface area contributed by atoms with Gasteiger partial charge in [-0.3, -0.25) is 0 Å². The van der Waals surface area contributed by atoms with E-state index in [0.717, 1.165) is 16.0 Å². The van der Waals surface area contributed by atoms with Gasteiger partial charge < -0.3 is 5.32 Å². The Morgan fingerprint density at radius 1 is 1.44 bits per heavy atom. The lowest BCUT2D eigenvalue weighted by Crippen LogP contribution is -2.12. The molecule has 1 aromatic heterocycles. The van der Waals surface area contributed by atoms with Crippen molar-refractivity contribution < 1.29 is 0 Å². The van der Waals surface area contributed by atoms with Gasteiger partial charge in [0, 0.05) is 15.5 Å². The molecule has 0 bridgehead atoms. The van der Waals surface area contributed by atoms with E-state index in [4.69, 9.17) is 11.6 Å². The lowest BCUT2D eigenvalue weighted by Gasteiger charge is -2.12. The SMILES string of the molecule is CC(C)n1ncnc1CNc1cc(Cl)ccc1Br. The fourth-order valence-corrected chi connectivity index (χ4v) is 2.20. The summed E-state index contributed by atoms with van der Waals surface area (Å²) in [6.45, 7) is 4.76. The number of benzene rings is 1. The summed E-state index contributed by atoms with van der Waals surface area (Å²) in [5.74, 6) is 0.900. The molecule has 18 heavy (non-hydrogen) atoms. The molecule has 2 aromatic rings. The quantitative estimate of drug-likeness (QED) is 0.925. The van der Waals surface area contributed by atoms with Crippen LogP contribution in [0.4, 0.5) is 5.69 Å². The van der Waals surface area contributed by atoms with Crippen LogP contribution >= 0.6 is 27.5 Å². The molecule has 0 aliphatic heterocycles. The number of hydrogen-bond acceptors (Lipinski definition) is 3. The maximum Gasteiger partial charge on any atom is 0.146 e. The molecule has 96 valence electrons. The summed E-state index contributed by atoms with van der Waals surface area (Å²) in [4.78, 5) is 4.25. The van der Waals surface area contributed by atoms with E-state index < -0.39 is 0 Å². The van der Waals surface area contributed by atoms with Gasteiger partial charge in [-0.2, -0.15) is 5.10 Å². The third-order valence-electron chi connectivity index (χ3n) is 2.50. The summed E-state index contributed by atoms with van der Waals surface area (Å²) in [7, 11) is 0. The van der Waals surface area contributed by atoms with Crippen LogP contribution in [0.3, 0.4) is 0 Å². The molecule has 0 saturated carbocycles. The van der Waals surface area contributed by atoms with Gasteiger partial charge in [-0.1, -0.05) is 11.6 Å². The number of anilines is 1. The highest BCUT2D eigenvalue weighted by atomic mass is 79.9. The van der Waals surface area contributed by atoms with Gasteiger partial charge in [-0.15, -0.1) is 0 Å². The Kier molecular flexibility index (Phi) is 4.24. The smallest absolute Gasteiger partial charge is 0.146 e. The molecular formula is C12H14BrClN4. The third kappa shape index (κ3) is 3.03. The molecule has 0 aliphatic carbocycles. The van der Waals surface area contributed by atoms with Crippen LogP contribution in [0.25, 0.3) is 0 Å². The molecule has 6 heteroatoms. The standard InChI is InChI=1S/C12H14BrClN4/c1-8(2)18-12(16-7-17-18)6-15-11-5-9(14)3-4-10(11)13/h3-5,7-8,15H,6H2,1-2H3. The molecule has 1 aromatic carbocycles. The lowest BCUT2D eigenvalue weighted by molar-refractivity contribution is 0.509. The van der Waals surface area contributed by atoms with E-state index in [1.165, 1.54) is 0 Å². The molecule has 0 atom stereocenters. The van der Waals surface area contributed by atoms with Crippen LogP contribution in [0.5, 0.6) is 0 Å². The van der Waals surface area contributed by atoms with Crippen molar-refractivity contribution in [1.82, 2.24) is 14.8 Å². The van der Waals surface area contributed by atoms with Crippen LogP contribution in [0.1, 0.15) is 25.7 Å². The van der Waals surface area contributed by atoms with E-state index in [0.29, 0.717) is 17.6 Å². The first-order chi connectivity index (χ1) is 8.58. The summed E-state index contributed by atoms with van der Waals surface area (Å²) in [5, 5.41) is 8.19. The molecule has 0 fully saturated rings. The van der Waals surface area contributed by atoms with E-state index in [-0.39, 0.29) is 0 Å². The van der Waals surface area contributed by atoms with Crippen molar-refractivity contribution in [2.24, 2.45) is 0 Å². The van der Waals surface area contributed by atoms with Crippen molar-refractivity contribution in [3.63, 3.8) is 0 Å². The third-order valence-corrected chi connectivity index (χ3v) is 3.43. The van der Waals surface area contributed by atoms with Crippen LogP contribution in [-0.4, -0.2) is 14.8 Å². The van der Waals surface area contributed by atoms with Crippen molar-refractivity contribution in [1.29, 1.82) is 0 Å². The van der Waals surface area contributed by atoms with E-state index in [9.17, 15) is 0 Å². The maximum absolute atomic E-state index is 5.97. The van der Waals surface area contributed by atoms with E-state index in [1.54, 1.807) is 6.33 Å². The van der Waals surface area contributed by atoms with Crippen molar-refractivity contribution >= 4 is 33.2 Å². The van der Waals surface area contributed by atoms with Crippen molar-refractivity contribution in [3.8, 4) is 0 Å². The second kappa shape index (κ2) is 5.71. The second-order valence-electron chi connectivity index (χ2n) is 4.19. The van der Waals surface area contributed by atoms with Gasteiger partial charge in [0.15, 0.2) is 0 Å². The first kappa shape index (κ1) is 13.4. The minimum absolute atomic E-state index is 0.298. The zero-order chi connectivity index (χ0) is 13.1. The second-order valence-corrected chi connectivity index (χ2v) is 5.48. The summed E-state index contributed by atoms with van der Waals surface area (Å²) < 4.78 is 2.87. The molecule has 2 rings (SSSR count). The van der Waals surface area contributed by atoms with Crippen LogP contribution in [0.15, 0.2) is 29.0 Å². The normalized spacial score (nSPS) is 10.9. The van der Waals surface area contributed by atoms with Crippen molar-refractivity contribution in [3.05, 3.63) is 39.8 Å². The van der Waals surface area contributed by atoms with E-state index >= 15 is 0 Å². The zero-order valence-electron chi connectivity index (χ0n) is 10.2. The molecule has 0 saturated heterocycles. The monoisotopic (exact) mass is 328 g/mol. The van der Waals surface area contributed by atoms with Gasteiger partial charge in [0.25, 0.3) is 0 Å². The summed E-state index contributed by atoms with van der Waals surface area (Å²) >= 11 is 9.44. The van der Waals surface area contributed by atoms with Gasteiger partial charge in [-0.05, 0) is 48.0 Å². The highest BCUT2D eigenvalue weighted by Crippen LogP contribution is 2.26. The fraction of sp³-hybridized carbons (Fsp3) is 0.333.